The van der Waals surface area contributed by atoms with Gasteiger partial charge in [-0.1, -0.05) is 0 Å². The van der Waals surface area contributed by atoms with Crippen molar-refractivity contribution < 1.29 is 9.53 Å². The van der Waals surface area contributed by atoms with Crippen LogP contribution >= 0.6 is 0 Å². The number of ether oxygens (including phenoxy) is 1. The van der Waals surface area contributed by atoms with E-state index < -0.39 is 0 Å². The zero-order chi connectivity index (χ0) is 13.5. The Balaban J connectivity index is 1.74. The molecule has 102 valence electrons. The molecule has 0 aliphatic heterocycles. The number of hydrogen-bond donors (Lipinski definition) is 2. The van der Waals surface area contributed by atoms with Crippen molar-refractivity contribution in [2.75, 3.05) is 32.1 Å². The number of nitrogens with zero attached hydrogens (tertiary/aromatic N) is 5. The standard InChI is InChI=1S/C10H15N7O2/c1-19-7-6-12-10(18)4-5-11-8-2-3-9-13-15-16-17(9)14-8/h2-3H,4-7H2,1H3,(H,11,14)(H,12,18). The van der Waals surface area contributed by atoms with Crippen LogP contribution in [0.2, 0.25) is 0 Å². The molecule has 2 rings (SSSR count). The van der Waals surface area contributed by atoms with E-state index in [2.05, 4.69) is 31.3 Å². The first-order valence-corrected chi connectivity index (χ1v) is 5.84. The fraction of sp³-hybridized carbons (Fsp3) is 0.500. The first-order valence-electron chi connectivity index (χ1n) is 5.84. The largest absolute Gasteiger partial charge is 0.383 e. The van der Waals surface area contributed by atoms with Crippen LogP contribution in [0.4, 0.5) is 5.82 Å². The quantitative estimate of drug-likeness (QED) is 0.624. The Morgan fingerprint density at radius 1 is 1.42 bits per heavy atom. The third kappa shape index (κ3) is 3.85. The first-order chi connectivity index (χ1) is 9.29. The Morgan fingerprint density at radius 3 is 3.16 bits per heavy atom. The number of amides is 1. The molecule has 19 heavy (non-hydrogen) atoms. The van der Waals surface area contributed by atoms with Crippen LogP contribution in [0.5, 0.6) is 0 Å². The number of methoxy groups -OCH3 is 1. The maximum Gasteiger partial charge on any atom is 0.221 e. The number of nitrogens with one attached hydrogen (secondary N) is 2. The number of rotatable bonds is 7. The van der Waals surface area contributed by atoms with Gasteiger partial charge < -0.3 is 15.4 Å². The molecule has 0 unspecified atom stereocenters. The molecule has 0 spiro atoms. The van der Waals surface area contributed by atoms with Crippen molar-refractivity contribution in [3.63, 3.8) is 0 Å². The van der Waals surface area contributed by atoms with Crippen molar-refractivity contribution in [1.29, 1.82) is 0 Å². The smallest absolute Gasteiger partial charge is 0.221 e. The minimum Gasteiger partial charge on any atom is -0.383 e. The van der Waals surface area contributed by atoms with E-state index in [1.165, 1.54) is 4.63 Å². The Hall–Kier alpha value is -2.29. The summed E-state index contributed by atoms with van der Waals surface area (Å²) in [5.74, 6) is 0.581. The Morgan fingerprint density at radius 2 is 2.32 bits per heavy atom. The maximum absolute atomic E-state index is 11.4. The Bertz CT molecular complexity index is 541. The van der Waals surface area contributed by atoms with E-state index in [1.807, 2.05) is 0 Å². The van der Waals surface area contributed by atoms with Crippen LogP contribution in [0.3, 0.4) is 0 Å². The number of hydrogen-bond acceptors (Lipinski definition) is 7. The second-order valence-corrected chi connectivity index (χ2v) is 3.76. The van der Waals surface area contributed by atoms with Crippen molar-refractivity contribution >= 4 is 17.4 Å². The van der Waals surface area contributed by atoms with Crippen LogP contribution in [0, 0.1) is 0 Å². The maximum atomic E-state index is 11.4. The van der Waals surface area contributed by atoms with Crippen molar-refractivity contribution in [2.24, 2.45) is 0 Å². The summed E-state index contributed by atoms with van der Waals surface area (Å²) in [6.45, 7) is 1.51. The Kier molecular flexibility index (Phi) is 4.56. The van der Waals surface area contributed by atoms with Gasteiger partial charge >= 0.3 is 0 Å². The second kappa shape index (κ2) is 6.59. The number of fused-ring (bicyclic) bond motifs is 1. The highest BCUT2D eigenvalue weighted by atomic mass is 16.5. The predicted molar refractivity (Wildman–Crippen MR) is 66.6 cm³/mol. The van der Waals surface area contributed by atoms with Gasteiger partial charge in [0, 0.05) is 26.6 Å². The molecule has 0 aliphatic rings. The van der Waals surface area contributed by atoms with Crippen molar-refractivity contribution in [3.05, 3.63) is 12.1 Å². The fourth-order valence-electron chi connectivity index (χ4n) is 1.43. The second-order valence-electron chi connectivity index (χ2n) is 3.76. The van der Waals surface area contributed by atoms with E-state index in [4.69, 9.17) is 4.74 Å². The van der Waals surface area contributed by atoms with Crippen LogP contribution in [0.1, 0.15) is 6.42 Å². The molecule has 2 heterocycles. The van der Waals surface area contributed by atoms with Crippen LogP contribution in [-0.2, 0) is 9.53 Å². The molecule has 9 heteroatoms. The van der Waals surface area contributed by atoms with E-state index >= 15 is 0 Å². The number of carbonyl (C=O) groups is 1. The monoisotopic (exact) mass is 265 g/mol. The van der Waals surface area contributed by atoms with Crippen molar-refractivity contribution in [2.45, 2.75) is 6.42 Å². The molecule has 2 aromatic rings. The summed E-state index contributed by atoms with van der Waals surface area (Å²) >= 11 is 0. The minimum absolute atomic E-state index is 0.0342. The lowest BCUT2D eigenvalue weighted by atomic mass is 10.4. The van der Waals surface area contributed by atoms with Gasteiger partial charge in [0.05, 0.1) is 6.61 Å². The van der Waals surface area contributed by atoms with Gasteiger partial charge in [0.25, 0.3) is 0 Å². The van der Waals surface area contributed by atoms with Gasteiger partial charge in [0.15, 0.2) is 5.65 Å². The molecule has 0 saturated carbocycles. The van der Waals surface area contributed by atoms with Gasteiger partial charge in [0.2, 0.25) is 5.91 Å². The molecule has 1 amide bonds. The summed E-state index contributed by atoms with van der Waals surface area (Å²) in [7, 11) is 1.59. The molecule has 0 saturated heterocycles. The highest BCUT2D eigenvalue weighted by molar-refractivity contribution is 5.76. The van der Waals surface area contributed by atoms with Gasteiger partial charge in [-0.3, -0.25) is 4.79 Å². The molecule has 0 aromatic carbocycles. The molecule has 0 fully saturated rings. The van der Waals surface area contributed by atoms with E-state index in [9.17, 15) is 4.79 Å². The topological polar surface area (TPSA) is 106 Å². The molecule has 9 nitrogen and oxygen atoms in total. The molecule has 2 aromatic heterocycles. The summed E-state index contributed by atoms with van der Waals surface area (Å²) in [6, 6.07) is 3.50. The molecule has 0 radical (unpaired) electrons. The highest BCUT2D eigenvalue weighted by Crippen LogP contribution is 2.02. The van der Waals surface area contributed by atoms with Gasteiger partial charge in [-0.05, 0) is 22.6 Å². The third-order valence-electron chi connectivity index (χ3n) is 2.36. The predicted octanol–water partition coefficient (Wildman–Crippen LogP) is -0.916. The number of tetrazole rings is 1. The van der Waals surface area contributed by atoms with Gasteiger partial charge in [-0.2, -0.15) is 0 Å². The number of aromatic nitrogens is 5. The average Bonchev–Trinajstić information content (AvgIpc) is 2.86. The summed E-state index contributed by atoms with van der Waals surface area (Å²) in [6.07, 6.45) is 0.360. The van der Waals surface area contributed by atoms with E-state index in [-0.39, 0.29) is 5.91 Å². The molecule has 2 N–H and O–H groups in total. The number of carbonyl (C=O) groups excluding carboxylic acids is 1. The lowest BCUT2D eigenvalue weighted by molar-refractivity contribution is -0.121. The van der Waals surface area contributed by atoms with E-state index in [0.29, 0.717) is 37.6 Å². The van der Waals surface area contributed by atoms with E-state index in [0.717, 1.165) is 0 Å². The summed E-state index contributed by atoms with van der Waals surface area (Å²) < 4.78 is 6.16. The SMILES string of the molecule is COCCNC(=O)CCNc1ccc2nnnn2n1. The summed E-state index contributed by atoms with van der Waals surface area (Å²) in [4.78, 5) is 11.4. The lowest BCUT2D eigenvalue weighted by Gasteiger charge is -2.06. The van der Waals surface area contributed by atoms with Crippen molar-refractivity contribution in [3.8, 4) is 0 Å². The number of anilines is 1. The van der Waals surface area contributed by atoms with E-state index in [1.54, 1.807) is 19.2 Å². The van der Waals surface area contributed by atoms with Gasteiger partial charge in [-0.25, -0.2) is 0 Å². The third-order valence-corrected chi connectivity index (χ3v) is 2.36. The molecular weight excluding hydrogens is 250 g/mol. The average molecular weight is 265 g/mol. The molecule has 0 bridgehead atoms. The fourth-order valence-corrected chi connectivity index (χ4v) is 1.43. The normalized spacial score (nSPS) is 10.6. The van der Waals surface area contributed by atoms with Crippen molar-refractivity contribution in [1.82, 2.24) is 30.6 Å². The molecular formula is C10H15N7O2. The van der Waals surface area contributed by atoms with Gasteiger partial charge in [0.1, 0.15) is 5.82 Å². The van der Waals surface area contributed by atoms with Crippen LogP contribution < -0.4 is 10.6 Å². The zero-order valence-corrected chi connectivity index (χ0v) is 10.5. The molecule has 0 atom stereocenters. The minimum atomic E-state index is -0.0342. The first kappa shape index (κ1) is 13.1. The molecule has 0 aliphatic carbocycles. The Labute approximate surface area is 109 Å². The zero-order valence-electron chi connectivity index (χ0n) is 10.5. The van der Waals surface area contributed by atoms with Crippen LogP contribution in [0.25, 0.3) is 5.65 Å². The van der Waals surface area contributed by atoms with Crippen LogP contribution in [-0.4, -0.2) is 58.0 Å². The summed E-state index contributed by atoms with van der Waals surface area (Å²) in [5.41, 5.74) is 0.572. The highest BCUT2D eigenvalue weighted by Gasteiger charge is 2.02. The summed E-state index contributed by atoms with van der Waals surface area (Å²) in [5, 5.41) is 20.8. The van der Waals surface area contributed by atoms with Gasteiger partial charge in [-0.15, -0.1) is 14.8 Å². The lowest BCUT2D eigenvalue weighted by Crippen LogP contribution is -2.28. The van der Waals surface area contributed by atoms with Crippen LogP contribution in [0.15, 0.2) is 12.1 Å².